The lowest BCUT2D eigenvalue weighted by molar-refractivity contribution is 0.0986. The molecule has 1 N–H and O–H groups in total. The number of halogens is 1. The second kappa shape index (κ2) is 6.25. The fourth-order valence-electron chi connectivity index (χ4n) is 1.65. The first-order valence-corrected chi connectivity index (χ1v) is 6.39. The Bertz CT molecular complexity index is 567. The summed E-state index contributed by atoms with van der Waals surface area (Å²) in [6, 6.07) is 13.8. The van der Waals surface area contributed by atoms with Crippen LogP contribution >= 0.6 is 11.6 Å². The number of ether oxygens (including phenoxy) is 1. The number of Topliss-reactive ketones (excluding diaryl/α,β-unsaturated/α-hetero) is 1. The molecule has 0 aliphatic rings. The average Bonchev–Trinajstić information content (AvgIpc) is 2.42. The molecule has 98 valence electrons. The topological polar surface area (TPSA) is 46.5 Å². The quantitative estimate of drug-likeness (QED) is 0.663. The van der Waals surface area contributed by atoms with E-state index in [2.05, 4.69) is 0 Å². The predicted molar refractivity (Wildman–Crippen MR) is 74.3 cm³/mol. The summed E-state index contributed by atoms with van der Waals surface area (Å²) in [5, 5.41) is 9.68. The molecule has 3 nitrogen and oxygen atoms in total. The van der Waals surface area contributed by atoms with E-state index in [9.17, 15) is 9.90 Å². The summed E-state index contributed by atoms with van der Waals surface area (Å²) in [5.74, 6) is 1.13. The number of hydrogen-bond donors (Lipinski definition) is 1. The number of aromatic hydroxyl groups is 1. The van der Waals surface area contributed by atoms with E-state index >= 15 is 0 Å². The molecule has 0 saturated heterocycles. The van der Waals surface area contributed by atoms with Crippen molar-refractivity contribution in [2.45, 2.75) is 6.42 Å². The number of carbonyl (C=O) groups excluding carboxylic acids is 1. The number of hydrogen-bond acceptors (Lipinski definition) is 3. The minimum atomic E-state index is -0.203. The Kier molecular flexibility index (Phi) is 4.42. The minimum absolute atomic E-state index is 0.0597. The number of carbonyl (C=O) groups is 1. The fraction of sp³-hybridized carbons (Fsp3) is 0.133. The van der Waals surface area contributed by atoms with E-state index in [0.29, 0.717) is 11.5 Å². The summed E-state index contributed by atoms with van der Waals surface area (Å²) in [4.78, 5) is 11.8. The average molecular weight is 277 g/mol. The van der Waals surface area contributed by atoms with E-state index in [1.165, 1.54) is 12.1 Å². The highest BCUT2D eigenvalue weighted by Crippen LogP contribution is 2.27. The maximum Gasteiger partial charge on any atom is 0.167 e. The van der Waals surface area contributed by atoms with Crippen molar-refractivity contribution in [1.82, 2.24) is 0 Å². The normalized spacial score (nSPS) is 10.2. The Hall–Kier alpha value is -2.00. The molecule has 0 aliphatic heterocycles. The Morgan fingerprint density at radius 3 is 2.53 bits per heavy atom. The monoisotopic (exact) mass is 276 g/mol. The Labute approximate surface area is 116 Å². The lowest BCUT2D eigenvalue weighted by Crippen LogP contribution is -2.00. The van der Waals surface area contributed by atoms with Crippen LogP contribution in [0.15, 0.2) is 48.5 Å². The van der Waals surface area contributed by atoms with Gasteiger partial charge in [0.2, 0.25) is 0 Å². The van der Waals surface area contributed by atoms with Gasteiger partial charge in [0.05, 0.1) is 5.56 Å². The van der Waals surface area contributed by atoms with Crippen molar-refractivity contribution in [2.75, 3.05) is 5.88 Å². The van der Waals surface area contributed by atoms with Crippen LogP contribution < -0.4 is 4.74 Å². The zero-order valence-corrected chi connectivity index (χ0v) is 10.9. The molecule has 0 aromatic heterocycles. The third-order valence-electron chi connectivity index (χ3n) is 2.57. The molecule has 0 amide bonds. The molecular formula is C15H13ClO3. The molecule has 0 fully saturated rings. The highest BCUT2D eigenvalue weighted by Gasteiger charge is 2.12. The van der Waals surface area contributed by atoms with Crippen molar-refractivity contribution >= 4 is 17.4 Å². The van der Waals surface area contributed by atoms with Gasteiger partial charge in [-0.05, 0) is 30.3 Å². The summed E-state index contributed by atoms with van der Waals surface area (Å²) in [6.45, 7) is 0. The molecule has 0 spiro atoms. The van der Waals surface area contributed by atoms with Gasteiger partial charge in [0.15, 0.2) is 5.78 Å². The van der Waals surface area contributed by atoms with E-state index < -0.39 is 0 Å². The molecule has 0 saturated carbocycles. The van der Waals surface area contributed by atoms with E-state index in [1.807, 2.05) is 30.3 Å². The molecule has 4 heteroatoms. The fourth-order valence-corrected chi connectivity index (χ4v) is 1.82. The van der Waals surface area contributed by atoms with Gasteiger partial charge in [0.1, 0.15) is 17.2 Å². The third kappa shape index (κ3) is 3.48. The molecule has 0 bridgehead atoms. The summed E-state index contributed by atoms with van der Waals surface area (Å²) in [5.41, 5.74) is 0.231. The molecule has 19 heavy (non-hydrogen) atoms. The highest BCUT2D eigenvalue weighted by molar-refractivity contribution is 6.19. The van der Waals surface area contributed by atoms with Crippen molar-refractivity contribution in [3.63, 3.8) is 0 Å². The largest absolute Gasteiger partial charge is 0.507 e. The smallest absolute Gasteiger partial charge is 0.167 e. The van der Waals surface area contributed by atoms with Crippen LogP contribution in [0.2, 0.25) is 0 Å². The van der Waals surface area contributed by atoms with Gasteiger partial charge in [-0.25, -0.2) is 0 Å². The van der Waals surface area contributed by atoms with Gasteiger partial charge >= 0.3 is 0 Å². The van der Waals surface area contributed by atoms with Crippen molar-refractivity contribution in [3.8, 4) is 17.2 Å². The van der Waals surface area contributed by atoms with Gasteiger partial charge in [-0.15, -0.1) is 11.6 Å². The first-order chi connectivity index (χ1) is 9.20. The zero-order valence-electron chi connectivity index (χ0n) is 10.2. The standard InChI is InChI=1S/C15H13ClO3/c16-9-8-15(18)13-10-12(6-7-14(13)17)19-11-4-2-1-3-5-11/h1-7,10,17H,8-9H2. The van der Waals surface area contributed by atoms with Gasteiger partial charge in [0, 0.05) is 12.3 Å². The van der Waals surface area contributed by atoms with Crippen LogP contribution in [0.3, 0.4) is 0 Å². The van der Waals surface area contributed by atoms with Gasteiger partial charge < -0.3 is 9.84 Å². The number of para-hydroxylation sites is 1. The SMILES string of the molecule is O=C(CCCl)c1cc(Oc2ccccc2)ccc1O. The van der Waals surface area contributed by atoms with Crippen molar-refractivity contribution in [1.29, 1.82) is 0 Å². The molecule has 0 atom stereocenters. The molecule has 0 unspecified atom stereocenters. The van der Waals surface area contributed by atoms with Crippen LogP contribution in [0, 0.1) is 0 Å². The van der Waals surface area contributed by atoms with Gasteiger partial charge in [-0.3, -0.25) is 4.79 Å². The van der Waals surface area contributed by atoms with Crippen molar-refractivity contribution in [3.05, 3.63) is 54.1 Å². The van der Waals surface area contributed by atoms with Crippen LogP contribution in [-0.2, 0) is 0 Å². The first-order valence-electron chi connectivity index (χ1n) is 5.86. The zero-order chi connectivity index (χ0) is 13.7. The molecule has 0 heterocycles. The van der Waals surface area contributed by atoms with Crippen LogP contribution in [0.1, 0.15) is 16.8 Å². The number of alkyl halides is 1. The van der Waals surface area contributed by atoms with Crippen LogP contribution in [0.5, 0.6) is 17.2 Å². The maximum atomic E-state index is 11.8. The lowest BCUT2D eigenvalue weighted by atomic mass is 10.1. The number of rotatable bonds is 5. The lowest BCUT2D eigenvalue weighted by Gasteiger charge is -2.08. The first kappa shape index (κ1) is 13.4. The highest BCUT2D eigenvalue weighted by atomic mass is 35.5. The van der Waals surface area contributed by atoms with E-state index in [1.54, 1.807) is 6.07 Å². The maximum absolute atomic E-state index is 11.8. The molecular weight excluding hydrogens is 264 g/mol. The van der Waals surface area contributed by atoms with Crippen molar-refractivity contribution in [2.24, 2.45) is 0 Å². The molecule has 2 aromatic rings. The molecule has 2 rings (SSSR count). The van der Waals surface area contributed by atoms with Gasteiger partial charge in [-0.2, -0.15) is 0 Å². The second-order valence-corrected chi connectivity index (χ2v) is 4.33. The summed E-state index contributed by atoms with van der Waals surface area (Å²) >= 11 is 5.53. The number of ketones is 1. The Morgan fingerprint density at radius 2 is 1.84 bits per heavy atom. The number of phenolic OH excluding ortho intramolecular Hbond substituents is 1. The summed E-state index contributed by atoms with van der Waals surface area (Å²) in [7, 11) is 0. The second-order valence-electron chi connectivity index (χ2n) is 3.96. The van der Waals surface area contributed by atoms with E-state index in [-0.39, 0.29) is 29.4 Å². The molecule has 0 radical (unpaired) electrons. The number of phenols is 1. The van der Waals surface area contributed by atoms with Gasteiger partial charge in [-0.1, -0.05) is 18.2 Å². The summed E-state index contributed by atoms with van der Waals surface area (Å²) in [6.07, 6.45) is 0.184. The predicted octanol–water partition coefficient (Wildman–Crippen LogP) is 4.00. The molecule has 0 aliphatic carbocycles. The number of benzene rings is 2. The van der Waals surface area contributed by atoms with E-state index in [4.69, 9.17) is 16.3 Å². The van der Waals surface area contributed by atoms with Crippen LogP contribution in [-0.4, -0.2) is 16.8 Å². The molecule has 2 aromatic carbocycles. The van der Waals surface area contributed by atoms with E-state index in [0.717, 1.165) is 0 Å². The summed E-state index contributed by atoms with van der Waals surface area (Å²) < 4.78 is 5.61. The Balaban J connectivity index is 2.23. The van der Waals surface area contributed by atoms with Crippen LogP contribution in [0.25, 0.3) is 0 Å². The minimum Gasteiger partial charge on any atom is -0.507 e. The van der Waals surface area contributed by atoms with Crippen molar-refractivity contribution < 1.29 is 14.6 Å². The van der Waals surface area contributed by atoms with Gasteiger partial charge in [0.25, 0.3) is 0 Å². The third-order valence-corrected chi connectivity index (χ3v) is 2.76. The van der Waals surface area contributed by atoms with Crippen LogP contribution in [0.4, 0.5) is 0 Å². The Morgan fingerprint density at radius 1 is 1.11 bits per heavy atom.